The fourth-order valence-electron chi connectivity index (χ4n) is 1.97. The molecule has 3 aromatic heterocycles. The summed E-state index contributed by atoms with van der Waals surface area (Å²) in [4.78, 5) is 8.41. The molecule has 0 spiro atoms. The molecule has 7 nitrogen and oxygen atoms in total. The number of nitrogens with one attached hydrogen (secondary N) is 1. The first kappa shape index (κ1) is 10.7. The molecule has 7 heteroatoms. The summed E-state index contributed by atoms with van der Waals surface area (Å²) in [5.41, 5.74) is 8.04. The minimum absolute atomic E-state index is 0.228. The Labute approximate surface area is 103 Å². The van der Waals surface area contributed by atoms with Crippen LogP contribution >= 0.6 is 0 Å². The van der Waals surface area contributed by atoms with Crippen LogP contribution in [0.5, 0.6) is 0 Å². The lowest BCUT2D eigenvalue weighted by molar-refractivity contribution is 0.608. The quantitative estimate of drug-likeness (QED) is 0.720. The third-order valence-electron chi connectivity index (χ3n) is 2.72. The number of nitrogen functional groups attached to an aromatic ring is 1. The van der Waals surface area contributed by atoms with Gasteiger partial charge in [-0.15, -0.1) is 0 Å². The summed E-state index contributed by atoms with van der Waals surface area (Å²) in [6, 6.07) is 1.92. The normalized spacial score (nSPS) is 11.2. The van der Waals surface area contributed by atoms with Crippen molar-refractivity contribution in [2.75, 3.05) is 5.73 Å². The van der Waals surface area contributed by atoms with Crippen molar-refractivity contribution >= 4 is 17.0 Å². The van der Waals surface area contributed by atoms with Gasteiger partial charge in [0, 0.05) is 12.7 Å². The Bertz CT molecular complexity index is 682. The van der Waals surface area contributed by atoms with Gasteiger partial charge in [0.05, 0.1) is 17.3 Å². The van der Waals surface area contributed by atoms with E-state index in [0.29, 0.717) is 5.65 Å². The Hall–Kier alpha value is -2.44. The Morgan fingerprint density at radius 2 is 2.28 bits per heavy atom. The van der Waals surface area contributed by atoms with E-state index >= 15 is 0 Å². The van der Waals surface area contributed by atoms with E-state index in [9.17, 15) is 0 Å². The molecular formula is C11H13N7. The van der Waals surface area contributed by atoms with Crippen molar-refractivity contribution in [2.24, 2.45) is 0 Å². The summed E-state index contributed by atoms with van der Waals surface area (Å²) in [7, 11) is 0. The second-order valence-corrected chi connectivity index (χ2v) is 4.00. The number of hydrogen-bond acceptors (Lipinski definition) is 5. The van der Waals surface area contributed by atoms with E-state index in [4.69, 9.17) is 5.73 Å². The van der Waals surface area contributed by atoms with Gasteiger partial charge in [-0.25, -0.2) is 4.98 Å². The van der Waals surface area contributed by atoms with Gasteiger partial charge < -0.3 is 5.73 Å². The Morgan fingerprint density at radius 3 is 3.11 bits per heavy atom. The highest BCUT2D eigenvalue weighted by atomic mass is 15.3. The molecule has 18 heavy (non-hydrogen) atoms. The predicted octanol–water partition coefficient (Wildman–Crippen LogP) is 1.21. The molecule has 0 fully saturated rings. The van der Waals surface area contributed by atoms with Gasteiger partial charge in [0.15, 0.2) is 5.65 Å². The Morgan fingerprint density at radius 1 is 1.39 bits per heavy atom. The molecule has 3 N–H and O–H groups in total. The monoisotopic (exact) mass is 243 g/mol. The van der Waals surface area contributed by atoms with E-state index in [0.717, 1.165) is 29.7 Å². The number of aryl methyl sites for hydroxylation is 1. The number of hydrogen-bond donors (Lipinski definition) is 2. The van der Waals surface area contributed by atoms with Crippen LogP contribution in [-0.4, -0.2) is 29.9 Å². The molecule has 0 aliphatic rings. The van der Waals surface area contributed by atoms with Crippen molar-refractivity contribution < 1.29 is 0 Å². The summed E-state index contributed by atoms with van der Waals surface area (Å²) in [6.45, 7) is 2.94. The predicted molar refractivity (Wildman–Crippen MR) is 67.6 cm³/mol. The Balaban J connectivity index is 2.24. The number of nitrogens with two attached hydrogens (primary N) is 1. The molecule has 0 radical (unpaired) electrons. The third-order valence-corrected chi connectivity index (χ3v) is 2.72. The van der Waals surface area contributed by atoms with Gasteiger partial charge in [-0.2, -0.15) is 15.2 Å². The molecular weight excluding hydrogens is 230 g/mol. The Kier molecular flexibility index (Phi) is 2.44. The molecule has 0 aliphatic heterocycles. The van der Waals surface area contributed by atoms with E-state index in [1.54, 1.807) is 12.4 Å². The first-order valence-electron chi connectivity index (χ1n) is 5.78. The van der Waals surface area contributed by atoms with Gasteiger partial charge in [0.2, 0.25) is 5.95 Å². The zero-order valence-corrected chi connectivity index (χ0v) is 9.96. The lowest BCUT2D eigenvalue weighted by Gasteiger charge is -2.06. The number of H-pyrrole nitrogens is 1. The van der Waals surface area contributed by atoms with Crippen LogP contribution in [0.2, 0.25) is 0 Å². The molecule has 0 aromatic carbocycles. The molecule has 3 aromatic rings. The van der Waals surface area contributed by atoms with Crippen LogP contribution in [0.1, 0.15) is 13.3 Å². The number of nitrogens with zero attached hydrogens (tertiary/aromatic N) is 5. The van der Waals surface area contributed by atoms with Gasteiger partial charge in [-0.1, -0.05) is 6.92 Å². The van der Waals surface area contributed by atoms with Crippen molar-refractivity contribution in [1.29, 1.82) is 0 Å². The summed E-state index contributed by atoms with van der Waals surface area (Å²) < 4.78 is 1.91. The van der Waals surface area contributed by atoms with Crippen LogP contribution in [0.4, 0.5) is 5.95 Å². The fraction of sp³-hybridized carbons (Fsp3) is 0.273. The largest absolute Gasteiger partial charge is 0.368 e. The minimum atomic E-state index is 0.228. The average molecular weight is 243 g/mol. The van der Waals surface area contributed by atoms with Gasteiger partial charge in [-0.05, 0) is 12.5 Å². The van der Waals surface area contributed by atoms with Crippen LogP contribution < -0.4 is 5.73 Å². The number of aromatic amines is 1. The molecule has 3 rings (SSSR count). The highest BCUT2D eigenvalue weighted by Crippen LogP contribution is 2.25. The van der Waals surface area contributed by atoms with Gasteiger partial charge >= 0.3 is 0 Å². The van der Waals surface area contributed by atoms with Crippen LogP contribution in [0.25, 0.3) is 22.4 Å². The maximum absolute atomic E-state index is 5.71. The lowest BCUT2D eigenvalue weighted by atomic mass is 10.2. The van der Waals surface area contributed by atoms with Crippen molar-refractivity contribution in [3.63, 3.8) is 0 Å². The highest BCUT2D eigenvalue weighted by Gasteiger charge is 2.13. The molecule has 0 aliphatic carbocycles. The molecule has 0 amide bonds. The van der Waals surface area contributed by atoms with Crippen LogP contribution in [0.3, 0.4) is 0 Å². The zero-order chi connectivity index (χ0) is 12.5. The first-order valence-corrected chi connectivity index (χ1v) is 5.78. The highest BCUT2D eigenvalue weighted by molar-refractivity contribution is 5.89. The van der Waals surface area contributed by atoms with E-state index in [1.165, 1.54) is 0 Å². The molecule has 0 atom stereocenters. The molecule has 0 saturated heterocycles. The van der Waals surface area contributed by atoms with Crippen molar-refractivity contribution in [3.05, 3.63) is 18.5 Å². The van der Waals surface area contributed by atoms with E-state index in [1.807, 2.05) is 10.7 Å². The number of fused-ring (bicyclic) bond motifs is 1. The molecule has 0 bridgehead atoms. The summed E-state index contributed by atoms with van der Waals surface area (Å²) in [5, 5.41) is 11.9. The molecule has 92 valence electrons. The molecule has 0 unspecified atom stereocenters. The maximum Gasteiger partial charge on any atom is 0.222 e. The van der Waals surface area contributed by atoms with Crippen LogP contribution in [0, 0.1) is 0 Å². The van der Waals surface area contributed by atoms with Gasteiger partial charge in [0.1, 0.15) is 5.69 Å². The lowest BCUT2D eigenvalue weighted by Crippen LogP contribution is -2.04. The number of anilines is 1. The number of rotatable bonds is 3. The smallest absolute Gasteiger partial charge is 0.222 e. The minimum Gasteiger partial charge on any atom is -0.368 e. The zero-order valence-electron chi connectivity index (χ0n) is 9.96. The van der Waals surface area contributed by atoms with E-state index in [-0.39, 0.29) is 5.95 Å². The van der Waals surface area contributed by atoms with Crippen molar-refractivity contribution in [2.45, 2.75) is 19.9 Å². The van der Waals surface area contributed by atoms with Crippen LogP contribution in [-0.2, 0) is 6.54 Å². The topological polar surface area (TPSA) is 98.3 Å². The fourth-order valence-corrected chi connectivity index (χ4v) is 1.97. The summed E-state index contributed by atoms with van der Waals surface area (Å²) >= 11 is 0. The second kappa shape index (κ2) is 4.10. The average Bonchev–Trinajstić information content (AvgIpc) is 2.96. The first-order chi connectivity index (χ1) is 8.79. The van der Waals surface area contributed by atoms with E-state index < -0.39 is 0 Å². The van der Waals surface area contributed by atoms with E-state index in [2.05, 4.69) is 32.2 Å². The number of aromatic nitrogens is 6. The van der Waals surface area contributed by atoms with Gasteiger partial charge in [0.25, 0.3) is 0 Å². The van der Waals surface area contributed by atoms with Crippen LogP contribution in [0.15, 0.2) is 18.5 Å². The second-order valence-electron chi connectivity index (χ2n) is 4.00. The van der Waals surface area contributed by atoms with Gasteiger partial charge in [-0.3, -0.25) is 9.78 Å². The summed E-state index contributed by atoms with van der Waals surface area (Å²) in [5.74, 6) is 0.228. The van der Waals surface area contributed by atoms with Crippen molar-refractivity contribution in [1.82, 2.24) is 29.9 Å². The standard InChI is InChI=1S/C11H13N7/c1-2-5-18-8(3-4-14-18)9-7-6-13-17-10(7)16-11(12)15-9/h3-4,6H,2,5H2,1H3,(H3,12,13,15,16,17). The summed E-state index contributed by atoms with van der Waals surface area (Å²) in [6.07, 6.45) is 4.46. The SMILES string of the molecule is CCCn1nccc1-c1nc(N)nc2[nH]ncc12. The maximum atomic E-state index is 5.71. The van der Waals surface area contributed by atoms with Crippen molar-refractivity contribution in [3.8, 4) is 11.4 Å². The molecule has 0 saturated carbocycles. The third kappa shape index (κ3) is 1.60. The molecule has 3 heterocycles.